The van der Waals surface area contributed by atoms with Crippen LogP contribution < -0.4 is 4.74 Å². The third-order valence-electron chi connectivity index (χ3n) is 5.42. The van der Waals surface area contributed by atoms with E-state index in [0.717, 1.165) is 10.4 Å². The van der Waals surface area contributed by atoms with Gasteiger partial charge in [-0.05, 0) is 50.1 Å². The molecule has 1 aromatic heterocycles. The fourth-order valence-electron chi connectivity index (χ4n) is 3.60. The molecule has 2 aromatic carbocycles. The number of carbonyl (C=O) groups excluding carboxylic acids is 2. The lowest BCUT2D eigenvalue weighted by Crippen LogP contribution is -2.44. The van der Waals surface area contributed by atoms with Crippen LogP contribution in [0.1, 0.15) is 28.7 Å². The summed E-state index contributed by atoms with van der Waals surface area (Å²) in [5, 5.41) is 0. The van der Waals surface area contributed by atoms with E-state index in [0.29, 0.717) is 45.0 Å². The molecule has 0 aliphatic rings. The van der Waals surface area contributed by atoms with Crippen molar-refractivity contribution in [2.45, 2.75) is 33.4 Å². The van der Waals surface area contributed by atoms with Gasteiger partial charge in [0.25, 0.3) is 5.91 Å². The van der Waals surface area contributed by atoms with Crippen LogP contribution in [0.3, 0.4) is 0 Å². The number of benzene rings is 2. The molecule has 3 rings (SSSR count). The van der Waals surface area contributed by atoms with Crippen molar-refractivity contribution in [2.75, 3.05) is 32.9 Å². The lowest BCUT2D eigenvalue weighted by molar-refractivity contribution is -0.142. The first-order valence-corrected chi connectivity index (χ1v) is 12.8. The Bertz CT molecular complexity index is 1040. The highest BCUT2D eigenvalue weighted by Crippen LogP contribution is 2.19. The number of para-hydroxylation sites is 1. The molecule has 2 amide bonds. The number of ether oxygens (including phenoxy) is 2. The van der Waals surface area contributed by atoms with Gasteiger partial charge in [-0.15, -0.1) is 11.3 Å². The van der Waals surface area contributed by atoms with Crippen molar-refractivity contribution in [3.63, 3.8) is 0 Å². The first-order valence-electron chi connectivity index (χ1n) is 12.0. The normalized spacial score (nSPS) is 10.7. The van der Waals surface area contributed by atoms with Crippen LogP contribution in [-0.4, -0.2) is 54.5 Å². The van der Waals surface area contributed by atoms with Gasteiger partial charge in [0, 0.05) is 36.1 Å². The standard InChI is InChI=1S/C28H34N2O4S/c1-3-33-18-10-17-29(28(32)22-34-25-13-8-5-9-14-25)21-27(31)30(19-24-11-6-4-7-12-24)20-26-16-15-23(2)35-26/h4-9,11-16H,3,10,17-22H2,1-2H3. The number of rotatable bonds is 14. The van der Waals surface area contributed by atoms with Crippen molar-refractivity contribution in [3.05, 3.63) is 88.1 Å². The fourth-order valence-corrected chi connectivity index (χ4v) is 4.51. The second-order valence-electron chi connectivity index (χ2n) is 8.22. The fraction of sp³-hybridized carbons (Fsp3) is 0.357. The highest BCUT2D eigenvalue weighted by molar-refractivity contribution is 7.11. The SMILES string of the molecule is CCOCCCN(CC(=O)N(Cc1ccccc1)Cc1ccc(C)s1)C(=O)COc1ccccc1. The molecule has 7 heteroatoms. The lowest BCUT2D eigenvalue weighted by Gasteiger charge is -2.28. The van der Waals surface area contributed by atoms with Crippen molar-refractivity contribution >= 4 is 23.2 Å². The molecule has 35 heavy (non-hydrogen) atoms. The number of hydrogen-bond donors (Lipinski definition) is 0. The zero-order valence-electron chi connectivity index (χ0n) is 20.5. The maximum Gasteiger partial charge on any atom is 0.260 e. The van der Waals surface area contributed by atoms with Gasteiger partial charge in [0.05, 0.1) is 13.1 Å². The quantitative estimate of drug-likeness (QED) is 0.299. The molecule has 0 fully saturated rings. The van der Waals surface area contributed by atoms with E-state index in [1.165, 1.54) is 4.88 Å². The Morgan fingerprint density at radius 2 is 1.57 bits per heavy atom. The average Bonchev–Trinajstić information content (AvgIpc) is 3.29. The maximum absolute atomic E-state index is 13.5. The highest BCUT2D eigenvalue weighted by atomic mass is 32.1. The van der Waals surface area contributed by atoms with Gasteiger partial charge in [0.2, 0.25) is 5.91 Å². The Labute approximate surface area is 212 Å². The summed E-state index contributed by atoms with van der Waals surface area (Å²) in [6.07, 6.45) is 0.654. The third kappa shape index (κ3) is 9.19. The van der Waals surface area contributed by atoms with E-state index in [2.05, 4.69) is 19.1 Å². The minimum atomic E-state index is -0.217. The Morgan fingerprint density at radius 3 is 2.23 bits per heavy atom. The molecule has 0 radical (unpaired) electrons. The second kappa shape index (κ2) is 14.3. The molecular weight excluding hydrogens is 460 g/mol. The summed E-state index contributed by atoms with van der Waals surface area (Å²) in [6.45, 7) is 6.46. The van der Waals surface area contributed by atoms with Crippen LogP contribution in [-0.2, 0) is 27.4 Å². The molecule has 0 aliphatic heterocycles. The van der Waals surface area contributed by atoms with Gasteiger partial charge in [-0.1, -0.05) is 48.5 Å². The summed E-state index contributed by atoms with van der Waals surface area (Å²) in [5.41, 5.74) is 1.05. The van der Waals surface area contributed by atoms with E-state index < -0.39 is 0 Å². The van der Waals surface area contributed by atoms with Gasteiger partial charge in [-0.2, -0.15) is 0 Å². The summed E-state index contributed by atoms with van der Waals surface area (Å²) in [5.74, 6) is 0.315. The first kappa shape index (κ1) is 26.4. The van der Waals surface area contributed by atoms with Gasteiger partial charge in [-0.3, -0.25) is 9.59 Å². The van der Waals surface area contributed by atoms with E-state index in [-0.39, 0.29) is 25.0 Å². The van der Waals surface area contributed by atoms with Crippen molar-refractivity contribution in [1.82, 2.24) is 9.80 Å². The predicted octanol–water partition coefficient (Wildman–Crippen LogP) is 4.92. The third-order valence-corrected chi connectivity index (χ3v) is 6.40. The Morgan fingerprint density at radius 1 is 0.857 bits per heavy atom. The summed E-state index contributed by atoms with van der Waals surface area (Å²) in [7, 11) is 0. The molecule has 0 saturated carbocycles. The van der Waals surface area contributed by atoms with Gasteiger partial charge < -0.3 is 19.3 Å². The summed E-state index contributed by atoms with van der Waals surface area (Å²) in [6, 6.07) is 23.3. The number of amides is 2. The van der Waals surface area contributed by atoms with E-state index in [4.69, 9.17) is 9.47 Å². The van der Waals surface area contributed by atoms with Gasteiger partial charge in [0.1, 0.15) is 5.75 Å². The number of aryl methyl sites for hydroxylation is 1. The zero-order chi connectivity index (χ0) is 24.9. The lowest BCUT2D eigenvalue weighted by atomic mass is 10.2. The predicted molar refractivity (Wildman–Crippen MR) is 139 cm³/mol. The van der Waals surface area contributed by atoms with E-state index in [1.54, 1.807) is 16.2 Å². The molecular formula is C28H34N2O4S. The summed E-state index contributed by atoms with van der Waals surface area (Å²) in [4.78, 5) is 32.3. The Balaban J connectivity index is 1.70. The molecule has 186 valence electrons. The number of thiophene rings is 1. The van der Waals surface area contributed by atoms with Crippen LogP contribution in [0.25, 0.3) is 0 Å². The van der Waals surface area contributed by atoms with Crippen LogP contribution in [0.15, 0.2) is 72.8 Å². The largest absolute Gasteiger partial charge is 0.484 e. The molecule has 0 saturated heterocycles. The number of carbonyl (C=O) groups is 2. The molecule has 1 heterocycles. The van der Waals surface area contributed by atoms with Crippen LogP contribution in [0, 0.1) is 6.92 Å². The maximum atomic E-state index is 13.5. The molecule has 3 aromatic rings. The van der Waals surface area contributed by atoms with Crippen molar-refractivity contribution in [3.8, 4) is 5.75 Å². The molecule has 0 aliphatic carbocycles. The number of hydrogen-bond acceptors (Lipinski definition) is 5. The summed E-state index contributed by atoms with van der Waals surface area (Å²) >= 11 is 1.68. The molecule has 0 atom stereocenters. The van der Waals surface area contributed by atoms with Crippen molar-refractivity contribution in [1.29, 1.82) is 0 Å². The van der Waals surface area contributed by atoms with Crippen LogP contribution >= 0.6 is 11.3 Å². The van der Waals surface area contributed by atoms with E-state index in [9.17, 15) is 9.59 Å². The van der Waals surface area contributed by atoms with Gasteiger partial charge >= 0.3 is 0 Å². The van der Waals surface area contributed by atoms with Crippen molar-refractivity contribution in [2.24, 2.45) is 0 Å². The molecule has 0 spiro atoms. The van der Waals surface area contributed by atoms with E-state index >= 15 is 0 Å². The van der Waals surface area contributed by atoms with Crippen molar-refractivity contribution < 1.29 is 19.1 Å². The second-order valence-corrected chi connectivity index (χ2v) is 9.59. The average molecular weight is 495 g/mol. The highest BCUT2D eigenvalue weighted by Gasteiger charge is 2.22. The minimum absolute atomic E-state index is 0.000297. The first-order chi connectivity index (χ1) is 17.0. The summed E-state index contributed by atoms with van der Waals surface area (Å²) < 4.78 is 11.1. The van der Waals surface area contributed by atoms with Gasteiger partial charge in [0.15, 0.2) is 6.61 Å². The van der Waals surface area contributed by atoms with Crippen LogP contribution in [0.5, 0.6) is 5.75 Å². The molecule has 0 unspecified atom stereocenters. The Kier molecular flexibility index (Phi) is 10.8. The van der Waals surface area contributed by atoms with Crippen LogP contribution in [0.4, 0.5) is 0 Å². The zero-order valence-corrected chi connectivity index (χ0v) is 21.3. The van der Waals surface area contributed by atoms with Crippen LogP contribution in [0.2, 0.25) is 0 Å². The number of nitrogens with zero attached hydrogens (tertiary/aromatic N) is 2. The molecule has 0 N–H and O–H groups in total. The monoisotopic (exact) mass is 494 g/mol. The van der Waals surface area contributed by atoms with Gasteiger partial charge in [-0.25, -0.2) is 0 Å². The van der Waals surface area contributed by atoms with E-state index in [1.807, 2.05) is 72.5 Å². The molecule has 0 bridgehead atoms. The molecule has 6 nitrogen and oxygen atoms in total. The minimum Gasteiger partial charge on any atom is -0.484 e. The Hall–Kier alpha value is -3.16. The smallest absolute Gasteiger partial charge is 0.260 e. The topological polar surface area (TPSA) is 59.1 Å².